The van der Waals surface area contributed by atoms with Crippen LogP contribution in [0, 0.1) is 0 Å². The lowest BCUT2D eigenvalue weighted by atomic mass is 9.83. The molecule has 0 N–H and O–H groups in total. The van der Waals surface area contributed by atoms with Crippen LogP contribution in [-0.4, -0.2) is 26.9 Å². The summed E-state index contributed by atoms with van der Waals surface area (Å²) in [4.78, 5) is 10.5. The molecule has 1 aliphatic rings. The van der Waals surface area contributed by atoms with Gasteiger partial charge in [-0.05, 0) is 40.1 Å². The predicted molar refractivity (Wildman–Crippen MR) is 113 cm³/mol. The normalized spacial score (nSPS) is 22.3. The summed E-state index contributed by atoms with van der Waals surface area (Å²) in [7, 11) is 1.99. The number of likely N-dealkylation sites (N-methyl/N-ethyl adjacent to an activating group) is 1. The largest absolute Gasteiger partial charge is 0.290 e. The maximum absolute atomic E-state index is 6.38. The van der Waals surface area contributed by atoms with Gasteiger partial charge in [0.2, 0.25) is 0 Å². The molecule has 0 radical (unpaired) electrons. The molecular formula is C23H21ClN4O. The van der Waals surface area contributed by atoms with Crippen LogP contribution >= 0.6 is 11.6 Å². The van der Waals surface area contributed by atoms with Crippen molar-refractivity contribution in [2.75, 3.05) is 7.05 Å². The number of benzene rings is 3. The number of aromatic nitrogens is 3. The number of hydroxylamine groups is 2. The number of hydrogen-bond acceptors (Lipinski definition) is 4. The molecule has 1 saturated heterocycles. The molecule has 1 aliphatic heterocycles. The van der Waals surface area contributed by atoms with Gasteiger partial charge in [0.05, 0.1) is 12.1 Å². The minimum Gasteiger partial charge on any atom is -0.290 e. The predicted octanol–water partition coefficient (Wildman–Crippen LogP) is 4.99. The van der Waals surface area contributed by atoms with Crippen molar-refractivity contribution in [2.24, 2.45) is 0 Å². The van der Waals surface area contributed by atoms with Crippen molar-refractivity contribution >= 4 is 22.4 Å². The molecule has 1 fully saturated rings. The Labute approximate surface area is 174 Å². The van der Waals surface area contributed by atoms with E-state index >= 15 is 0 Å². The van der Waals surface area contributed by atoms with Crippen LogP contribution < -0.4 is 0 Å². The number of halogens is 1. The van der Waals surface area contributed by atoms with E-state index in [1.165, 1.54) is 16.3 Å². The summed E-state index contributed by atoms with van der Waals surface area (Å²) in [5.41, 5.74) is 1.93. The van der Waals surface area contributed by atoms with Gasteiger partial charge in [0.1, 0.15) is 18.8 Å². The molecule has 4 aromatic rings. The molecule has 6 heteroatoms. The lowest BCUT2D eigenvalue weighted by Gasteiger charge is -2.34. The van der Waals surface area contributed by atoms with E-state index in [9.17, 15) is 0 Å². The Bertz CT molecular complexity index is 1130. The molecule has 0 bridgehead atoms. The van der Waals surface area contributed by atoms with Gasteiger partial charge in [0, 0.05) is 18.5 Å². The van der Waals surface area contributed by atoms with Crippen LogP contribution in [0.5, 0.6) is 0 Å². The van der Waals surface area contributed by atoms with Crippen molar-refractivity contribution < 1.29 is 4.84 Å². The van der Waals surface area contributed by atoms with Gasteiger partial charge in [-0.25, -0.2) is 4.98 Å². The van der Waals surface area contributed by atoms with Gasteiger partial charge in [-0.15, -0.1) is 0 Å². The second-order valence-corrected chi connectivity index (χ2v) is 7.97. The molecule has 0 unspecified atom stereocenters. The molecule has 3 aromatic carbocycles. The monoisotopic (exact) mass is 404 g/mol. The third kappa shape index (κ3) is 3.31. The van der Waals surface area contributed by atoms with Crippen LogP contribution in [0.2, 0.25) is 5.02 Å². The maximum Gasteiger partial charge on any atom is 0.137 e. The number of rotatable bonds is 4. The number of fused-ring (bicyclic) bond motifs is 1. The molecule has 2 atom stereocenters. The third-order valence-electron chi connectivity index (χ3n) is 5.83. The van der Waals surface area contributed by atoms with Gasteiger partial charge < -0.3 is 0 Å². The van der Waals surface area contributed by atoms with Crippen LogP contribution in [0.1, 0.15) is 23.7 Å². The van der Waals surface area contributed by atoms with Crippen molar-refractivity contribution in [3.05, 3.63) is 95.5 Å². The molecule has 5 nitrogen and oxygen atoms in total. The van der Waals surface area contributed by atoms with E-state index in [0.717, 1.165) is 17.0 Å². The fraction of sp³-hybridized carbons (Fsp3) is 0.217. The van der Waals surface area contributed by atoms with E-state index in [1.54, 1.807) is 12.7 Å². The average Bonchev–Trinajstić information content (AvgIpc) is 3.37. The topological polar surface area (TPSA) is 43.2 Å². The molecule has 0 aliphatic carbocycles. The fourth-order valence-electron chi connectivity index (χ4n) is 4.25. The zero-order valence-electron chi connectivity index (χ0n) is 16.1. The number of nitrogens with zero attached hydrogens (tertiary/aromatic N) is 4. The summed E-state index contributed by atoms with van der Waals surface area (Å²) in [6.45, 7) is 0.634. The van der Waals surface area contributed by atoms with Crippen molar-refractivity contribution in [1.29, 1.82) is 0 Å². The van der Waals surface area contributed by atoms with Crippen LogP contribution in [0.3, 0.4) is 0 Å². The molecule has 29 heavy (non-hydrogen) atoms. The Morgan fingerprint density at radius 1 is 1.07 bits per heavy atom. The first-order valence-electron chi connectivity index (χ1n) is 9.62. The van der Waals surface area contributed by atoms with Crippen LogP contribution in [0.15, 0.2) is 79.4 Å². The van der Waals surface area contributed by atoms with Crippen molar-refractivity contribution in [1.82, 2.24) is 19.8 Å². The zero-order chi connectivity index (χ0) is 19.8. The highest BCUT2D eigenvalue weighted by Gasteiger charge is 2.47. The molecular weight excluding hydrogens is 384 g/mol. The molecule has 5 rings (SSSR count). The molecule has 0 spiro atoms. The van der Waals surface area contributed by atoms with Gasteiger partial charge in [-0.3, -0.25) is 9.52 Å². The Morgan fingerprint density at radius 3 is 2.62 bits per heavy atom. The highest BCUT2D eigenvalue weighted by Crippen LogP contribution is 2.47. The maximum atomic E-state index is 6.38. The molecule has 0 amide bonds. The molecule has 0 saturated carbocycles. The molecule has 2 heterocycles. The molecule has 146 valence electrons. The standard InChI is InChI=1S/C23H21ClN4O/c1-27-23(14-28-16-25-15-26-28,20-8-10-21(24)11-9-20)13-22(29-27)19-7-6-17-4-2-3-5-18(17)12-19/h2-12,15-16,22H,13-14H2,1H3/t22-,23+/m0/s1. The summed E-state index contributed by atoms with van der Waals surface area (Å²) in [6, 6.07) is 22.9. The fourth-order valence-corrected chi connectivity index (χ4v) is 4.37. The van der Waals surface area contributed by atoms with Gasteiger partial charge >= 0.3 is 0 Å². The first-order valence-corrected chi connectivity index (χ1v) is 10.00. The average molecular weight is 405 g/mol. The SMILES string of the molecule is CN1O[C@H](c2ccc3ccccc3c2)C[C@@]1(Cn1cncn1)c1ccc(Cl)cc1. The highest BCUT2D eigenvalue weighted by atomic mass is 35.5. The van der Waals surface area contributed by atoms with Gasteiger partial charge in [-0.1, -0.05) is 60.1 Å². The first-order chi connectivity index (χ1) is 14.1. The first kappa shape index (κ1) is 18.3. The summed E-state index contributed by atoms with van der Waals surface area (Å²) >= 11 is 6.15. The lowest BCUT2D eigenvalue weighted by molar-refractivity contribution is -0.176. The number of hydrogen-bond donors (Lipinski definition) is 0. The van der Waals surface area contributed by atoms with Gasteiger partial charge in [-0.2, -0.15) is 10.2 Å². The summed E-state index contributed by atoms with van der Waals surface area (Å²) in [6.07, 6.45) is 4.05. The van der Waals surface area contributed by atoms with Crippen molar-refractivity contribution in [3.63, 3.8) is 0 Å². The van der Waals surface area contributed by atoms with Gasteiger partial charge in [0.25, 0.3) is 0 Å². The Balaban J connectivity index is 1.55. The van der Waals surface area contributed by atoms with E-state index in [-0.39, 0.29) is 11.6 Å². The van der Waals surface area contributed by atoms with Crippen LogP contribution in [-0.2, 0) is 16.9 Å². The van der Waals surface area contributed by atoms with E-state index in [1.807, 2.05) is 28.9 Å². The van der Waals surface area contributed by atoms with Crippen LogP contribution in [0.25, 0.3) is 10.8 Å². The minimum absolute atomic E-state index is 0.0520. The van der Waals surface area contributed by atoms with Gasteiger partial charge in [0.15, 0.2) is 0 Å². The smallest absolute Gasteiger partial charge is 0.137 e. The quantitative estimate of drug-likeness (QED) is 0.480. The van der Waals surface area contributed by atoms with Crippen molar-refractivity contribution in [3.8, 4) is 0 Å². The van der Waals surface area contributed by atoms with E-state index in [4.69, 9.17) is 16.4 Å². The molecule has 1 aromatic heterocycles. The van der Waals surface area contributed by atoms with Crippen LogP contribution in [0.4, 0.5) is 0 Å². The lowest BCUT2D eigenvalue weighted by Crippen LogP contribution is -2.41. The third-order valence-corrected chi connectivity index (χ3v) is 6.08. The zero-order valence-corrected chi connectivity index (χ0v) is 16.8. The Morgan fingerprint density at radius 2 is 1.86 bits per heavy atom. The minimum atomic E-state index is -0.380. The van der Waals surface area contributed by atoms with E-state index in [2.05, 4.69) is 64.7 Å². The summed E-state index contributed by atoms with van der Waals surface area (Å²) in [5, 5.41) is 9.48. The van der Waals surface area contributed by atoms with Crippen molar-refractivity contribution in [2.45, 2.75) is 24.6 Å². The second kappa shape index (κ2) is 7.26. The summed E-state index contributed by atoms with van der Waals surface area (Å²) in [5.74, 6) is 0. The Kier molecular flexibility index (Phi) is 4.59. The highest BCUT2D eigenvalue weighted by molar-refractivity contribution is 6.30. The Hall–Kier alpha value is -2.73. The summed E-state index contributed by atoms with van der Waals surface area (Å²) < 4.78 is 1.86. The van der Waals surface area contributed by atoms with E-state index in [0.29, 0.717) is 6.54 Å². The second-order valence-electron chi connectivity index (χ2n) is 7.53. The van der Waals surface area contributed by atoms with E-state index < -0.39 is 0 Å².